The molecule has 2 aromatic carbocycles. The van der Waals surface area contributed by atoms with E-state index in [2.05, 4.69) is 10.2 Å². The number of rotatable bonds is 13. The molecule has 0 aliphatic carbocycles. The van der Waals surface area contributed by atoms with Gasteiger partial charge in [0.1, 0.15) is 0 Å². The van der Waals surface area contributed by atoms with E-state index in [0.29, 0.717) is 32.0 Å². The second kappa shape index (κ2) is 14.4. The van der Waals surface area contributed by atoms with Gasteiger partial charge in [0, 0.05) is 37.8 Å². The molecule has 0 spiro atoms. The number of benzene rings is 2. The quantitative estimate of drug-likeness (QED) is 0.415. The third-order valence-corrected chi connectivity index (χ3v) is 6.73. The van der Waals surface area contributed by atoms with Crippen LogP contribution in [-0.2, 0) is 36.8 Å². The molecular formula is C29H37N3O6. The molecule has 2 N–H and O–H groups in total. The number of anilines is 1. The van der Waals surface area contributed by atoms with Crippen LogP contribution in [0.2, 0.25) is 0 Å². The van der Waals surface area contributed by atoms with Crippen molar-refractivity contribution in [2.24, 2.45) is 5.92 Å². The molecule has 1 aliphatic heterocycles. The average Bonchev–Trinajstić information content (AvgIpc) is 2.89. The molecular weight excluding hydrogens is 486 g/mol. The maximum Gasteiger partial charge on any atom is 0.304 e. The summed E-state index contributed by atoms with van der Waals surface area (Å²) in [5.41, 5.74) is 3.43. The number of nitrogens with zero attached hydrogens (tertiary/aromatic N) is 2. The fourth-order valence-electron chi connectivity index (χ4n) is 4.28. The Kier molecular flexibility index (Phi) is 11.0. The smallest absolute Gasteiger partial charge is 0.304 e. The monoisotopic (exact) mass is 523 g/mol. The van der Waals surface area contributed by atoms with Crippen LogP contribution in [0.4, 0.5) is 5.69 Å². The van der Waals surface area contributed by atoms with Crippen molar-refractivity contribution in [1.29, 1.82) is 0 Å². The SMILES string of the molecule is Cc1ccccc1CC(=O)Nc1ccc(CC(=O)N(CCN2CCOCC2)CC(=O)C(C)CC(=O)O)cc1. The summed E-state index contributed by atoms with van der Waals surface area (Å²) in [6.45, 7) is 7.22. The lowest BCUT2D eigenvalue weighted by Gasteiger charge is -2.30. The average molecular weight is 524 g/mol. The Bertz CT molecular complexity index is 1110. The van der Waals surface area contributed by atoms with E-state index in [1.54, 1.807) is 31.2 Å². The Balaban J connectivity index is 1.59. The number of carbonyl (C=O) groups excluding carboxylic acids is 3. The number of nitrogens with one attached hydrogen (secondary N) is 1. The van der Waals surface area contributed by atoms with E-state index < -0.39 is 11.9 Å². The fraction of sp³-hybridized carbons (Fsp3) is 0.448. The first-order valence-electron chi connectivity index (χ1n) is 13.0. The Morgan fingerprint density at radius 2 is 1.71 bits per heavy atom. The summed E-state index contributed by atoms with van der Waals surface area (Å²) in [6, 6.07) is 14.8. The van der Waals surface area contributed by atoms with Crippen LogP contribution >= 0.6 is 0 Å². The van der Waals surface area contributed by atoms with E-state index in [4.69, 9.17) is 9.84 Å². The van der Waals surface area contributed by atoms with Crippen LogP contribution in [0.15, 0.2) is 48.5 Å². The number of ketones is 1. The van der Waals surface area contributed by atoms with Gasteiger partial charge in [-0.25, -0.2) is 0 Å². The standard InChI is InChI=1S/C29H37N3O6/c1-21-5-3-4-6-24(21)19-27(34)30-25-9-7-23(8-10-25)18-28(35)32(12-11-31-13-15-38-16-14-31)20-26(33)22(2)17-29(36)37/h3-10,22H,11-20H2,1-2H3,(H,30,34)(H,36,37). The predicted molar refractivity (Wildman–Crippen MR) is 144 cm³/mol. The van der Waals surface area contributed by atoms with Crippen molar-refractivity contribution in [1.82, 2.24) is 9.80 Å². The van der Waals surface area contributed by atoms with Crippen LogP contribution in [-0.4, -0.2) is 84.4 Å². The predicted octanol–water partition coefficient (Wildman–Crippen LogP) is 2.56. The van der Waals surface area contributed by atoms with Gasteiger partial charge < -0.3 is 20.1 Å². The van der Waals surface area contributed by atoms with Crippen LogP contribution in [0.1, 0.15) is 30.0 Å². The van der Waals surface area contributed by atoms with Crippen molar-refractivity contribution in [3.8, 4) is 0 Å². The fourth-order valence-corrected chi connectivity index (χ4v) is 4.28. The Labute approximate surface area is 223 Å². The normalized spacial score (nSPS) is 14.5. The minimum atomic E-state index is -1.04. The van der Waals surface area contributed by atoms with E-state index >= 15 is 0 Å². The van der Waals surface area contributed by atoms with Crippen LogP contribution in [0.25, 0.3) is 0 Å². The van der Waals surface area contributed by atoms with Crippen molar-refractivity contribution in [2.75, 3.05) is 51.3 Å². The minimum Gasteiger partial charge on any atom is -0.481 e. The molecule has 2 amide bonds. The summed E-state index contributed by atoms with van der Waals surface area (Å²) in [7, 11) is 0. The van der Waals surface area contributed by atoms with Crippen molar-refractivity contribution in [3.63, 3.8) is 0 Å². The highest BCUT2D eigenvalue weighted by Crippen LogP contribution is 2.14. The molecule has 9 nitrogen and oxygen atoms in total. The van der Waals surface area contributed by atoms with Gasteiger partial charge in [-0.05, 0) is 35.7 Å². The van der Waals surface area contributed by atoms with Crippen LogP contribution < -0.4 is 5.32 Å². The Morgan fingerprint density at radius 1 is 1.03 bits per heavy atom. The van der Waals surface area contributed by atoms with Crippen LogP contribution in [0.5, 0.6) is 0 Å². The highest BCUT2D eigenvalue weighted by atomic mass is 16.5. The highest BCUT2D eigenvalue weighted by Gasteiger charge is 2.23. The topological polar surface area (TPSA) is 116 Å². The van der Waals surface area contributed by atoms with Gasteiger partial charge >= 0.3 is 5.97 Å². The molecule has 204 valence electrons. The second-order valence-electron chi connectivity index (χ2n) is 9.76. The third-order valence-electron chi connectivity index (χ3n) is 6.73. The van der Waals surface area contributed by atoms with E-state index in [-0.39, 0.29) is 43.4 Å². The van der Waals surface area contributed by atoms with Gasteiger partial charge in [0.25, 0.3) is 0 Å². The molecule has 1 unspecified atom stereocenters. The molecule has 0 radical (unpaired) electrons. The van der Waals surface area contributed by atoms with Gasteiger partial charge in [0.15, 0.2) is 5.78 Å². The zero-order valence-electron chi connectivity index (χ0n) is 22.2. The summed E-state index contributed by atoms with van der Waals surface area (Å²) in [6.07, 6.45) is 0.113. The van der Waals surface area contributed by atoms with E-state index in [1.807, 2.05) is 31.2 Å². The van der Waals surface area contributed by atoms with Crippen molar-refractivity contribution < 1.29 is 29.0 Å². The van der Waals surface area contributed by atoms with Crippen molar-refractivity contribution in [2.45, 2.75) is 33.1 Å². The van der Waals surface area contributed by atoms with Gasteiger partial charge in [-0.15, -0.1) is 0 Å². The number of hydrogen-bond donors (Lipinski definition) is 2. The molecule has 0 bridgehead atoms. The summed E-state index contributed by atoms with van der Waals surface area (Å²) < 4.78 is 5.38. The first-order valence-corrected chi connectivity index (χ1v) is 13.0. The van der Waals surface area contributed by atoms with E-state index in [1.165, 1.54) is 4.90 Å². The summed E-state index contributed by atoms with van der Waals surface area (Å²) in [5.74, 6) is -2.30. The number of amides is 2. The van der Waals surface area contributed by atoms with Gasteiger partial charge in [0.2, 0.25) is 11.8 Å². The molecule has 0 saturated carbocycles. The summed E-state index contributed by atoms with van der Waals surface area (Å²) in [4.78, 5) is 53.1. The molecule has 1 saturated heterocycles. The zero-order chi connectivity index (χ0) is 27.5. The molecule has 2 aromatic rings. The van der Waals surface area contributed by atoms with Gasteiger partial charge in [-0.1, -0.05) is 43.3 Å². The second-order valence-corrected chi connectivity index (χ2v) is 9.76. The number of Topliss-reactive ketones (excluding diaryl/α,β-unsaturated/α-hetero) is 1. The summed E-state index contributed by atoms with van der Waals surface area (Å²) >= 11 is 0. The van der Waals surface area contributed by atoms with Gasteiger partial charge in [-0.2, -0.15) is 0 Å². The molecule has 38 heavy (non-hydrogen) atoms. The van der Waals surface area contributed by atoms with E-state index in [0.717, 1.165) is 29.8 Å². The maximum atomic E-state index is 13.2. The largest absolute Gasteiger partial charge is 0.481 e. The number of morpholine rings is 1. The zero-order valence-corrected chi connectivity index (χ0v) is 22.2. The lowest BCUT2D eigenvalue weighted by Crippen LogP contribution is -2.45. The molecule has 1 aliphatic rings. The lowest BCUT2D eigenvalue weighted by molar-refractivity contribution is -0.141. The van der Waals surface area contributed by atoms with E-state index in [9.17, 15) is 19.2 Å². The van der Waals surface area contributed by atoms with Crippen LogP contribution in [0, 0.1) is 12.8 Å². The number of hydrogen-bond acceptors (Lipinski definition) is 6. The first-order chi connectivity index (χ1) is 18.2. The molecule has 1 heterocycles. The number of carboxylic acids is 1. The number of aliphatic carboxylic acids is 1. The molecule has 0 aromatic heterocycles. The number of aryl methyl sites for hydroxylation is 1. The van der Waals surface area contributed by atoms with Crippen molar-refractivity contribution >= 4 is 29.3 Å². The molecule has 1 fully saturated rings. The third kappa shape index (κ3) is 9.39. The first kappa shape index (κ1) is 29.0. The maximum absolute atomic E-state index is 13.2. The highest BCUT2D eigenvalue weighted by molar-refractivity contribution is 5.92. The number of ether oxygens (including phenoxy) is 1. The number of carbonyl (C=O) groups is 4. The minimum absolute atomic E-state index is 0.0984. The number of carboxylic acid groups (broad SMARTS) is 1. The van der Waals surface area contributed by atoms with Crippen LogP contribution in [0.3, 0.4) is 0 Å². The van der Waals surface area contributed by atoms with Crippen molar-refractivity contribution in [3.05, 3.63) is 65.2 Å². The lowest BCUT2D eigenvalue weighted by atomic mass is 10.0. The Hall–Kier alpha value is -3.56. The molecule has 9 heteroatoms. The summed E-state index contributed by atoms with van der Waals surface area (Å²) in [5, 5.41) is 11.9. The molecule has 1 atom stereocenters. The van der Waals surface area contributed by atoms with Gasteiger partial charge in [0.05, 0.1) is 39.0 Å². The Morgan fingerprint density at radius 3 is 2.37 bits per heavy atom. The van der Waals surface area contributed by atoms with Gasteiger partial charge in [-0.3, -0.25) is 24.1 Å². The molecule has 3 rings (SSSR count).